The first-order valence-corrected chi connectivity index (χ1v) is 8.42. The zero-order valence-electron chi connectivity index (χ0n) is 15.0. The molecule has 0 aromatic heterocycles. The van der Waals surface area contributed by atoms with Crippen LogP contribution in [-0.4, -0.2) is 11.9 Å². The van der Waals surface area contributed by atoms with Gasteiger partial charge in [-0.05, 0) is 30.9 Å². The van der Waals surface area contributed by atoms with Crippen molar-refractivity contribution >= 4 is 11.9 Å². The summed E-state index contributed by atoms with van der Waals surface area (Å²) >= 11 is 0. The predicted octanol–water partition coefficient (Wildman–Crippen LogP) is 4.73. The van der Waals surface area contributed by atoms with Gasteiger partial charge in [0.15, 0.2) is 5.69 Å². The van der Waals surface area contributed by atoms with Gasteiger partial charge in [-0.1, -0.05) is 45.6 Å². The van der Waals surface area contributed by atoms with Crippen molar-refractivity contribution in [3.05, 3.63) is 41.2 Å². The van der Waals surface area contributed by atoms with Crippen LogP contribution in [0.1, 0.15) is 69.6 Å². The molecule has 2 aliphatic rings. The van der Waals surface area contributed by atoms with Crippen LogP contribution in [0.25, 0.3) is 0 Å². The standard InChI is InChI=1S/C19H28N3.Ni/c1-7-19-12-20-8-9-22(19,21-19)18-16(13(2)3)10-15(6)11-17(18)14(4)5;/h8-14,21H,7H2,1-6H3;/q+1;. The molecule has 0 spiro atoms. The van der Waals surface area contributed by atoms with Crippen molar-refractivity contribution in [2.45, 2.75) is 65.5 Å². The van der Waals surface area contributed by atoms with Crippen LogP contribution in [0.5, 0.6) is 0 Å². The number of fused-ring (bicyclic) bond motifs is 1. The molecule has 2 heterocycles. The van der Waals surface area contributed by atoms with Crippen LogP contribution in [0.2, 0.25) is 0 Å². The largest absolute Gasteiger partial charge is 0.258 e. The summed E-state index contributed by atoms with van der Waals surface area (Å²) in [5.74, 6) is 1.01. The first-order chi connectivity index (χ1) is 10.4. The third kappa shape index (κ3) is 2.61. The Morgan fingerprint density at radius 2 is 1.70 bits per heavy atom. The molecular weight excluding hydrogens is 329 g/mol. The molecule has 4 heteroatoms. The number of nitrogens with one attached hydrogen (secondary N) is 1. The Hall–Kier alpha value is -0.956. The molecular formula is C19H28N3Ni+. The minimum Gasteiger partial charge on any atom is -0.255 e. The first-order valence-electron chi connectivity index (χ1n) is 8.42. The maximum atomic E-state index is 4.40. The zero-order valence-corrected chi connectivity index (χ0v) is 15.9. The van der Waals surface area contributed by atoms with Gasteiger partial charge in [-0.2, -0.15) is 4.59 Å². The minimum atomic E-state index is -0.0582. The van der Waals surface area contributed by atoms with Gasteiger partial charge in [0.25, 0.3) is 5.66 Å². The molecule has 0 aliphatic carbocycles. The Morgan fingerprint density at radius 3 is 2.17 bits per heavy atom. The summed E-state index contributed by atoms with van der Waals surface area (Å²) in [7, 11) is 0. The second-order valence-corrected chi connectivity index (χ2v) is 7.29. The third-order valence-corrected chi connectivity index (χ3v) is 5.06. The van der Waals surface area contributed by atoms with Crippen LogP contribution in [0, 0.1) is 6.92 Å². The fraction of sp³-hybridized carbons (Fsp3) is 0.526. The van der Waals surface area contributed by atoms with E-state index in [1.807, 2.05) is 6.20 Å². The molecule has 0 bridgehead atoms. The van der Waals surface area contributed by atoms with Gasteiger partial charge in [-0.3, -0.25) is 4.99 Å². The monoisotopic (exact) mass is 356 g/mol. The van der Waals surface area contributed by atoms with E-state index in [1.54, 1.807) is 0 Å². The quantitative estimate of drug-likeness (QED) is 0.472. The predicted molar refractivity (Wildman–Crippen MR) is 94.9 cm³/mol. The van der Waals surface area contributed by atoms with Crippen LogP contribution >= 0.6 is 0 Å². The summed E-state index contributed by atoms with van der Waals surface area (Å²) in [6, 6.07) is 4.72. The second kappa shape index (κ2) is 6.16. The van der Waals surface area contributed by atoms with E-state index in [9.17, 15) is 0 Å². The van der Waals surface area contributed by atoms with Crippen LogP contribution in [0.3, 0.4) is 0 Å². The molecule has 1 aromatic carbocycles. The third-order valence-electron chi connectivity index (χ3n) is 5.06. The van der Waals surface area contributed by atoms with Gasteiger partial charge >= 0.3 is 0 Å². The van der Waals surface area contributed by atoms with Gasteiger partial charge in [0.1, 0.15) is 6.20 Å². The topological polar surface area (TPSA) is 34.3 Å². The molecule has 23 heavy (non-hydrogen) atoms. The van der Waals surface area contributed by atoms with E-state index < -0.39 is 0 Å². The Morgan fingerprint density at radius 1 is 1.13 bits per heavy atom. The van der Waals surface area contributed by atoms with Gasteiger partial charge in [-0.15, -0.1) is 0 Å². The van der Waals surface area contributed by atoms with E-state index in [2.05, 4.69) is 76.5 Å². The SMILES string of the molecule is CCC12C=NC=C[N+]1(c1c(C(C)C)cc(C)cc1C(C)C)N2.[Ni]. The Bertz CT molecular complexity index is 634. The average molecular weight is 357 g/mol. The molecule has 3 rings (SSSR count). The summed E-state index contributed by atoms with van der Waals surface area (Å²) in [6.45, 7) is 13.6. The smallest absolute Gasteiger partial charge is 0.255 e. The van der Waals surface area contributed by atoms with Crippen molar-refractivity contribution in [2.24, 2.45) is 4.99 Å². The zero-order chi connectivity index (χ0) is 16.1. The fourth-order valence-corrected chi connectivity index (χ4v) is 3.75. The molecule has 0 saturated carbocycles. The molecule has 1 fully saturated rings. The van der Waals surface area contributed by atoms with Gasteiger partial charge in [0.2, 0.25) is 0 Å². The van der Waals surface area contributed by atoms with E-state index in [0.29, 0.717) is 11.8 Å². The Balaban J connectivity index is 0.00000192. The van der Waals surface area contributed by atoms with E-state index in [0.717, 1.165) is 11.0 Å². The summed E-state index contributed by atoms with van der Waals surface area (Å²) in [5.41, 5.74) is 9.36. The van der Waals surface area contributed by atoms with Crippen molar-refractivity contribution in [3.8, 4) is 0 Å². The van der Waals surface area contributed by atoms with Gasteiger partial charge in [0.05, 0.1) is 12.4 Å². The molecule has 2 unspecified atom stereocenters. The van der Waals surface area contributed by atoms with E-state index in [4.69, 9.17) is 0 Å². The summed E-state index contributed by atoms with van der Waals surface area (Å²) in [4.78, 5) is 4.40. The number of hydrogen-bond donors (Lipinski definition) is 1. The molecule has 3 nitrogen and oxygen atoms in total. The molecule has 2 aliphatic heterocycles. The number of rotatable bonds is 4. The fourth-order valence-electron chi connectivity index (χ4n) is 3.75. The summed E-state index contributed by atoms with van der Waals surface area (Å²) in [5, 5.41) is 0. The number of benzene rings is 1. The van der Waals surface area contributed by atoms with Crippen molar-refractivity contribution in [1.82, 2.24) is 10.0 Å². The van der Waals surface area contributed by atoms with Crippen molar-refractivity contribution in [2.75, 3.05) is 0 Å². The number of aliphatic imine (C=N–C) groups is 1. The number of hydrogen-bond acceptors (Lipinski definition) is 2. The van der Waals surface area contributed by atoms with Crippen molar-refractivity contribution in [1.29, 1.82) is 0 Å². The first kappa shape index (κ1) is 18.4. The van der Waals surface area contributed by atoms with Crippen molar-refractivity contribution < 1.29 is 16.5 Å². The molecule has 0 radical (unpaired) electrons. The molecule has 1 saturated heterocycles. The molecule has 2 atom stereocenters. The number of quaternary nitrogens is 1. The maximum absolute atomic E-state index is 4.40. The van der Waals surface area contributed by atoms with Crippen LogP contribution < -0.4 is 10.0 Å². The van der Waals surface area contributed by atoms with E-state index in [1.165, 1.54) is 22.4 Å². The van der Waals surface area contributed by atoms with Crippen LogP contribution in [0.4, 0.5) is 5.69 Å². The van der Waals surface area contributed by atoms with Crippen LogP contribution in [0.15, 0.2) is 29.5 Å². The molecule has 0 amide bonds. The summed E-state index contributed by atoms with van der Waals surface area (Å²) in [6.07, 6.45) is 7.26. The Labute approximate surface area is 150 Å². The molecule has 1 N–H and O–H groups in total. The van der Waals surface area contributed by atoms with Crippen LogP contribution in [-0.2, 0) is 16.5 Å². The maximum Gasteiger partial charge on any atom is 0.258 e. The minimum absolute atomic E-state index is 0. The van der Waals surface area contributed by atoms with Crippen molar-refractivity contribution in [3.63, 3.8) is 0 Å². The summed E-state index contributed by atoms with van der Waals surface area (Å²) < 4.78 is 0.730. The van der Waals surface area contributed by atoms with E-state index >= 15 is 0 Å². The van der Waals surface area contributed by atoms with Gasteiger partial charge in [0, 0.05) is 34.0 Å². The normalized spacial score (nSPS) is 28.0. The van der Waals surface area contributed by atoms with E-state index in [-0.39, 0.29) is 22.2 Å². The van der Waals surface area contributed by atoms with Gasteiger partial charge < -0.3 is 0 Å². The average Bonchev–Trinajstić information content (AvgIpc) is 3.16. The second-order valence-electron chi connectivity index (χ2n) is 7.29. The number of nitrogens with zero attached hydrogens (tertiary/aromatic N) is 2. The van der Waals surface area contributed by atoms with Gasteiger partial charge in [-0.25, -0.2) is 0 Å². The number of aryl methyl sites for hydroxylation is 1. The molecule has 128 valence electrons. The molecule has 1 aromatic rings. The Kier molecular flexibility index (Phi) is 4.92.